The van der Waals surface area contributed by atoms with Gasteiger partial charge in [-0.2, -0.15) is 13.2 Å². The van der Waals surface area contributed by atoms with Crippen LogP contribution in [-0.4, -0.2) is 19.0 Å². The Labute approximate surface area is 110 Å². The molecule has 0 saturated carbocycles. The van der Waals surface area contributed by atoms with Gasteiger partial charge in [0.25, 0.3) is 0 Å². The smallest absolute Gasteiger partial charge is 0.354 e. The van der Waals surface area contributed by atoms with E-state index in [0.29, 0.717) is 11.5 Å². The highest BCUT2D eigenvalue weighted by molar-refractivity contribution is 5.79. The summed E-state index contributed by atoms with van der Waals surface area (Å²) in [7, 11) is 1.61. The molecule has 1 aromatic rings. The molecule has 0 heterocycles. The van der Waals surface area contributed by atoms with Crippen LogP contribution in [0.4, 0.5) is 13.2 Å². The lowest BCUT2D eigenvalue weighted by Crippen LogP contribution is -2.40. The molecular formula is C13H18F3N3. The molecule has 6 heteroatoms. The van der Waals surface area contributed by atoms with Crippen molar-refractivity contribution in [3.63, 3.8) is 0 Å². The lowest BCUT2D eigenvalue weighted by atomic mass is 10.1. The molecule has 3 nitrogen and oxygen atoms in total. The molecule has 1 rings (SSSR count). The molecule has 0 radical (unpaired) electrons. The van der Waals surface area contributed by atoms with Gasteiger partial charge < -0.3 is 10.6 Å². The van der Waals surface area contributed by atoms with Crippen molar-refractivity contribution in [1.82, 2.24) is 10.6 Å². The molecule has 0 aliphatic heterocycles. The quantitative estimate of drug-likeness (QED) is 0.656. The first-order valence-electron chi connectivity index (χ1n) is 5.96. The first-order valence-corrected chi connectivity index (χ1v) is 5.96. The zero-order valence-corrected chi connectivity index (χ0v) is 11.2. The lowest BCUT2D eigenvalue weighted by Gasteiger charge is -2.15. The molecule has 1 aromatic carbocycles. The average Bonchev–Trinajstić information content (AvgIpc) is 2.33. The molecule has 0 atom stereocenters. The van der Waals surface area contributed by atoms with Crippen LogP contribution >= 0.6 is 0 Å². The minimum atomic E-state index is -4.31. The predicted molar refractivity (Wildman–Crippen MR) is 69.9 cm³/mol. The van der Waals surface area contributed by atoms with Crippen molar-refractivity contribution in [2.45, 2.75) is 32.6 Å². The minimum absolute atomic E-state index is 0.202. The van der Waals surface area contributed by atoms with Crippen molar-refractivity contribution in [2.24, 2.45) is 4.99 Å². The van der Waals surface area contributed by atoms with E-state index in [-0.39, 0.29) is 12.6 Å². The van der Waals surface area contributed by atoms with Crippen LogP contribution in [0.15, 0.2) is 29.3 Å². The average molecular weight is 273 g/mol. The van der Waals surface area contributed by atoms with Crippen LogP contribution in [0.25, 0.3) is 0 Å². The van der Waals surface area contributed by atoms with Crippen LogP contribution < -0.4 is 10.6 Å². The second-order valence-electron chi connectivity index (χ2n) is 4.42. The van der Waals surface area contributed by atoms with Gasteiger partial charge in [0.15, 0.2) is 5.96 Å². The Morgan fingerprint density at radius 2 is 2.00 bits per heavy atom. The maximum absolute atomic E-state index is 12.5. The van der Waals surface area contributed by atoms with Gasteiger partial charge in [-0.25, -0.2) is 0 Å². The van der Waals surface area contributed by atoms with Crippen molar-refractivity contribution in [2.75, 3.05) is 7.05 Å². The van der Waals surface area contributed by atoms with Crippen LogP contribution in [0.5, 0.6) is 0 Å². The van der Waals surface area contributed by atoms with Crippen LogP contribution in [-0.2, 0) is 12.7 Å². The number of halogens is 3. The van der Waals surface area contributed by atoms with Crippen LogP contribution in [0.3, 0.4) is 0 Å². The third kappa shape index (κ3) is 5.19. The normalized spacial score (nSPS) is 12.7. The molecular weight excluding hydrogens is 255 g/mol. The van der Waals surface area contributed by atoms with Crippen molar-refractivity contribution >= 4 is 5.96 Å². The van der Waals surface area contributed by atoms with E-state index in [4.69, 9.17) is 0 Å². The first kappa shape index (κ1) is 15.3. The molecule has 0 saturated heterocycles. The van der Waals surface area contributed by atoms with E-state index >= 15 is 0 Å². The zero-order chi connectivity index (χ0) is 14.5. The van der Waals surface area contributed by atoms with Crippen LogP contribution in [0.2, 0.25) is 0 Å². The fourth-order valence-corrected chi connectivity index (χ4v) is 1.51. The van der Waals surface area contributed by atoms with E-state index in [2.05, 4.69) is 15.6 Å². The molecule has 0 unspecified atom stereocenters. The Bertz CT molecular complexity index is 439. The van der Waals surface area contributed by atoms with Gasteiger partial charge in [0, 0.05) is 19.6 Å². The Balaban J connectivity index is 2.68. The second kappa shape index (κ2) is 6.45. The summed E-state index contributed by atoms with van der Waals surface area (Å²) in [4.78, 5) is 3.99. The summed E-state index contributed by atoms with van der Waals surface area (Å²) < 4.78 is 37.6. The lowest BCUT2D eigenvalue weighted by molar-refractivity contribution is -0.137. The largest absolute Gasteiger partial charge is 0.416 e. The fourth-order valence-electron chi connectivity index (χ4n) is 1.51. The van der Waals surface area contributed by atoms with Crippen molar-refractivity contribution < 1.29 is 13.2 Å². The summed E-state index contributed by atoms with van der Waals surface area (Å²) in [6, 6.07) is 5.44. The standard InChI is InChI=1S/C13H18F3N3/c1-9(2)19-12(17-3)18-8-10-5-4-6-11(7-10)13(14,15)16/h4-7,9H,8H2,1-3H3,(H2,17,18,19). The Hall–Kier alpha value is -1.72. The molecule has 0 spiro atoms. The zero-order valence-electron chi connectivity index (χ0n) is 11.2. The highest BCUT2D eigenvalue weighted by Crippen LogP contribution is 2.29. The van der Waals surface area contributed by atoms with Crippen molar-refractivity contribution in [3.05, 3.63) is 35.4 Å². The summed E-state index contributed by atoms with van der Waals surface area (Å²) in [5.74, 6) is 0.562. The van der Waals surface area contributed by atoms with Crippen molar-refractivity contribution in [1.29, 1.82) is 0 Å². The first-order chi connectivity index (χ1) is 8.82. The molecule has 0 aromatic heterocycles. The summed E-state index contributed by atoms with van der Waals surface area (Å²) in [5.41, 5.74) is -0.0832. The van der Waals surface area contributed by atoms with E-state index in [9.17, 15) is 13.2 Å². The SMILES string of the molecule is CN=C(NCc1cccc(C(F)(F)F)c1)NC(C)C. The van der Waals surface area contributed by atoms with E-state index in [1.54, 1.807) is 13.1 Å². The molecule has 2 N–H and O–H groups in total. The third-order valence-corrected chi connectivity index (χ3v) is 2.36. The molecule has 106 valence electrons. The molecule has 0 bridgehead atoms. The molecule has 19 heavy (non-hydrogen) atoms. The number of hydrogen-bond acceptors (Lipinski definition) is 1. The number of aliphatic imine (C=N–C) groups is 1. The highest BCUT2D eigenvalue weighted by atomic mass is 19.4. The topological polar surface area (TPSA) is 36.4 Å². The predicted octanol–water partition coefficient (Wildman–Crippen LogP) is 2.78. The number of rotatable bonds is 3. The van der Waals surface area contributed by atoms with Gasteiger partial charge in [0.05, 0.1) is 5.56 Å². The number of alkyl halides is 3. The Morgan fingerprint density at radius 3 is 2.53 bits per heavy atom. The van der Waals surface area contributed by atoms with Crippen molar-refractivity contribution in [3.8, 4) is 0 Å². The summed E-state index contributed by atoms with van der Waals surface area (Å²) in [6.07, 6.45) is -4.31. The molecule has 0 aliphatic carbocycles. The van der Waals surface area contributed by atoms with E-state index < -0.39 is 11.7 Å². The summed E-state index contributed by atoms with van der Waals surface area (Å²) >= 11 is 0. The molecule has 0 fully saturated rings. The minimum Gasteiger partial charge on any atom is -0.354 e. The van der Waals surface area contributed by atoms with Gasteiger partial charge in [0.2, 0.25) is 0 Å². The van der Waals surface area contributed by atoms with Gasteiger partial charge in [-0.3, -0.25) is 4.99 Å². The third-order valence-electron chi connectivity index (χ3n) is 2.36. The van der Waals surface area contributed by atoms with E-state index in [1.807, 2.05) is 13.8 Å². The van der Waals surface area contributed by atoms with Gasteiger partial charge >= 0.3 is 6.18 Å². The Morgan fingerprint density at radius 1 is 1.32 bits per heavy atom. The number of nitrogens with one attached hydrogen (secondary N) is 2. The van der Waals surface area contributed by atoms with Gasteiger partial charge in [0.1, 0.15) is 0 Å². The van der Waals surface area contributed by atoms with E-state index in [1.165, 1.54) is 6.07 Å². The maximum atomic E-state index is 12.5. The van der Waals surface area contributed by atoms with Gasteiger partial charge in [-0.15, -0.1) is 0 Å². The molecule has 0 amide bonds. The van der Waals surface area contributed by atoms with E-state index in [0.717, 1.165) is 12.1 Å². The van der Waals surface area contributed by atoms with Crippen LogP contribution in [0.1, 0.15) is 25.0 Å². The summed E-state index contributed by atoms with van der Waals surface area (Å²) in [6.45, 7) is 4.20. The second-order valence-corrected chi connectivity index (χ2v) is 4.42. The van der Waals surface area contributed by atoms with Crippen LogP contribution in [0, 0.1) is 0 Å². The molecule has 0 aliphatic rings. The highest BCUT2D eigenvalue weighted by Gasteiger charge is 2.30. The van der Waals surface area contributed by atoms with Gasteiger partial charge in [-0.1, -0.05) is 12.1 Å². The number of guanidine groups is 1. The number of hydrogen-bond donors (Lipinski definition) is 2. The fraction of sp³-hybridized carbons (Fsp3) is 0.462. The number of nitrogens with zero attached hydrogens (tertiary/aromatic N) is 1. The number of benzene rings is 1. The monoisotopic (exact) mass is 273 g/mol. The Kier molecular flexibility index (Phi) is 5.20. The maximum Gasteiger partial charge on any atom is 0.416 e. The summed E-state index contributed by atoms with van der Waals surface area (Å²) in [5, 5.41) is 6.03. The van der Waals surface area contributed by atoms with Gasteiger partial charge in [-0.05, 0) is 31.5 Å².